The molecule has 1 fully saturated rings. The van der Waals surface area contributed by atoms with Gasteiger partial charge in [0.1, 0.15) is 0 Å². The Morgan fingerprint density at radius 3 is 1.82 bits per heavy atom. The van der Waals surface area contributed by atoms with Crippen molar-refractivity contribution in [3.05, 3.63) is 52.6 Å². The molecular formula is C23H32N2O3. The molecule has 0 aromatic heterocycles. The number of hydrogen-bond acceptors (Lipinski definition) is 5. The van der Waals surface area contributed by atoms with Crippen LogP contribution in [0.4, 0.5) is 0 Å². The number of benzene rings is 2. The van der Waals surface area contributed by atoms with E-state index in [-0.39, 0.29) is 0 Å². The summed E-state index contributed by atoms with van der Waals surface area (Å²) >= 11 is 0. The third-order valence-corrected chi connectivity index (χ3v) is 5.33. The molecular weight excluding hydrogens is 352 g/mol. The molecule has 0 N–H and O–H groups in total. The topological polar surface area (TPSA) is 34.2 Å². The summed E-state index contributed by atoms with van der Waals surface area (Å²) in [6.45, 7) is 10.4. The summed E-state index contributed by atoms with van der Waals surface area (Å²) in [5, 5.41) is 0. The van der Waals surface area contributed by atoms with Crippen LogP contribution >= 0.6 is 0 Å². The highest BCUT2D eigenvalue weighted by Crippen LogP contribution is 2.40. The van der Waals surface area contributed by atoms with Crippen LogP contribution in [0.15, 0.2) is 30.3 Å². The largest absolute Gasteiger partial charge is 0.493 e. The lowest BCUT2D eigenvalue weighted by Gasteiger charge is -2.35. The number of piperazine rings is 1. The molecule has 0 radical (unpaired) electrons. The summed E-state index contributed by atoms with van der Waals surface area (Å²) in [5.41, 5.74) is 5.22. The fourth-order valence-electron chi connectivity index (χ4n) is 4.05. The summed E-state index contributed by atoms with van der Waals surface area (Å²) in [4.78, 5) is 5.01. The lowest BCUT2D eigenvalue weighted by Crippen LogP contribution is -2.45. The molecule has 0 bridgehead atoms. The van der Waals surface area contributed by atoms with E-state index >= 15 is 0 Å². The SMILES string of the molecule is COc1ccc(CN2CCN(Cc3cc(C)cc(C)c3)CC2)c(OC)c1OC. The van der Waals surface area contributed by atoms with Crippen molar-refractivity contribution in [3.8, 4) is 17.2 Å². The zero-order valence-corrected chi connectivity index (χ0v) is 17.7. The maximum absolute atomic E-state index is 5.63. The van der Waals surface area contributed by atoms with Crippen molar-refractivity contribution in [1.29, 1.82) is 0 Å². The second kappa shape index (κ2) is 9.30. The van der Waals surface area contributed by atoms with Gasteiger partial charge in [-0.05, 0) is 25.5 Å². The minimum atomic E-state index is 0.663. The molecule has 3 rings (SSSR count). The predicted octanol–water partition coefficient (Wildman–Crippen LogP) is 3.65. The Labute approximate surface area is 168 Å². The predicted molar refractivity (Wildman–Crippen MR) is 113 cm³/mol. The van der Waals surface area contributed by atoms with Gasteiger partial charge in [0.25, 0.3) is 0 Å². The zero-order chi connectivity index (χ0) is 20.1. The lowest BCUT2D eigenvalue weighted by atomic mass is 10.1. The molecule has 152 valence electrons. The number of ether oxygens (including phenoxy) is 3. The van der Waals surface area contributed by atoms with E-state index in [0.29, 0.717) is 11.5 Å². The van der Waals surface area contributed by atoms with Crippen LogP contribution in [0.5, 0.6) is 17.2 Å². The number of hydrogen-bond donors (Lipinski definition) is 0. The van der Waals surface area contributed by atoms with Crippen molar-refractivity contribution < 1.29 is 14.2 Å². The second-order valence-electron chi connectivity index (χ2n) is 7.54. The Bertz CT molecular complexity index is 778. The van der Waals surface area contributed by atoms with Gasteiger partial charge in [0, 0.05) is 44.8 Å². The maximum atomic E-state index is 5.63. The first-order valence-electron chi connectivity index (χ1n) is 9.83. The monoisotopic (exact) mass is 384 g/mol. The van der Waals surface area contributed by atoms with Crippen LogP contribution < -0.4 is 14.2 Å². The van der Waals surface area contributed by atoms with Gasteiger partial charge in [-0.25, -0.2) is 0 Å². The van der Waals surface area contributed by atoms with Gasteiger partial charge >= 0.3 is 0 Å². The molecule has 1 heterocycles. The molecule has 2 aromatic carbocycles. The standard InChI is InChI=1S/C23H32N2O3/c1-17-12-18(2)14-19(13-17)15-24-8-10-25(11-9-24)16-20-6-7-21(26-3)23(28-5)22(20)27-4/h6-7,12-14H,8-11,15-16H2,1-5H3. The van der Waals surface area contributed by atoms with E-state index in [2.05, 4.69) is 47.9 Å². The maximum Gasteiger partial charge on any atom is 0.203 e. The highest BCUT2D eigenvalue weighted by molar-refractivity contribution is 5.55. The van der Waals surface area contributed by atoms with Crippen LogP contribution in [0.1, 0.15) is 22.3 Å². The van der Waals surface area contributed by atoms with Crippen LogP contribution in [0.25, 0.3) is 0 Å². The number of aryl methyl sites for hydroxylation is 2. The van der Waals surface area contributed by atoms with E-state index in [4.69, 9.17) is 14.2 Å². The number of nitrogens with zero attached hydrogens (tertiary/aromatic N) is 2. The minimum absolute atomic E-state index is 0.663. The average Bonchev–Trinajstić information content (AvgIpc) is 2.68. The van der Waals surface area contributed by atoms with E-state index < -0.39 is 0 Å². The zero-order valence-electron chi connectivity index (χ0n) is 17.7. The molecule has 1 aliphatic rings. The van der Waals surface area contributed by atoms with Gasteiger partial charge in [0.05, 0.1) is 21.3 Å². The van der Waals surface area contributed by atoms with Crippen LogP contribution in [0.2, 0.25) is 0 Å². The van der Waals surface area contributed by atoms with Gasteiger partial charge in [-0.15, -0.1) is 0 Å². The molecule has 0 spiro atoms. The van der Waals surface area contributed by atoms with Gasteiger partial charge in [-0.2, -0.15) is 0 Å². The third kappa shape index (κ3) is 4.78. The molecule has 0 unspecified atom stereocenters. The Hall–Kier alpha value is -2.24. The third-order valence-electron chi connectivity index (χ3n) is 5.33. The fourth-order valence-corrected chi connectivity index (χ4v) is 4.05. The van der Waals surface area contributed by atoms with Crippen LogP contribution in [-0.4, -0.2) is 57.3 Å². The van der Waals surface area contributed by atoms with Crippen LogP contribution in [0, 0.1) is 13.8 Å². The normalized spacial score (nSPS) is 15.5. The van der Waals surface area contributed by atoms with Gasteiger partial charge in [0.2, 0.25) is 5.75 Å². The van der Waals surface area contributed by atoms with Crippen molar-refractivity contribution in [2.24, 2.45) is 0 Å². The quantitative estimate of drug-likeness (QED) is 0.728. The van der Waals surface area contributed by atoms with Crippen molar-refractivity contribution >= 4 is 0 Å². The molecule has 1 aliphatic heterocycles. The first-order chi connectivity index (χ1) is 13.5. The van der Waals surface area contributed by atoms with Crippen molar-refractivity contribution in [1.82, 2.24) is 9.80 Å². The molecule has 5 heteroatoms. The van der Waals surface area contributed by atoms with E-state index in [9.17, 15) is 0 Å². The molecule has 0 amide bonds. The molecule has 0 saturated carbocycles. The molecule has 0 atom stereocenters. The molecule has 0 aliphatic carbocycles. The van der Waals surface area contributed by atoms with Gasteiger partial charge in [-0.3, -0.25) is 9.80 Å². The summed E-state index contributed by atoms with van der Waals surface area (Å²) in [6.07, 6.45) is 0. The van der Waals surface area contributed by atoms with E-state index in [1.807, 2.05) is 6.07 Å². The Morgan fingerprint density at radius 1 is 0.714 bits per heavy atom. The Balaban J connectivity index is 1.61. The first-order valence-corrected chi connectivity index (χ1v) is 9.83. The Kier molecular flexibility index (Phi) is 6.81. The minimum Gasteiger partial charge on any atom is -0.493 e. The number of rotatable bonds is 7. The van der Waals surface area contributed by atoms with Crippen molar-refractivity contribution in [2.75, 3.05) is 47.5 Å². The van der Waals surface area contributed by atoms with E-state index in [1.54, 1.807) is 21.3 Å². The van der Waals surface area contributed by atoms with Crippen LogP contribution in [-0.2, 0) is 13.1 Å². The van der Waals surface area contributed by atoms with Gasteiger partial charge in [-0.1, -0.05) is 35.4 Å². The first kappa shape index (κ1) is 20.5. The fraction of sp³-hybridized carbons (Fsp3) is 0.478. The summed E-state index contributed by atoms with van der Waals surface area (Å²) in [7, 11) is 4.98. The Morgan fingerprint density at radius 2 is 1.29 bits per heavy atom. The summed E-state index contributed by atoms with van der Waals surface area (Å²) in [5.74, 6) is 2.12. The second-order valence-corrected chi connectivity index (χ2v) is 7.54. The summed E-state index contributed by atoms with van der Waals surface area (Å²) < 4.78 is 16.5. The van der Waals surface area contributed by atoms with Crippen molar-refractivity contribution in [2.45, 2.75) is 26.9 Å². The van der Waals surface area contributed by atoms with E-state index in [0.717, 1.165) is 50.6 Å². The molecule has 28 heavy (non-hydrogen) atoms. The molecule has 2 aromatic rings. The van der Waals surface area contributed by atoms with Gasteiger partial charge < -0.3 is 14.2 Å². The molecule has 5 nitrogen and oxygen atoms in total. The average molecular weight is 385 g/mol. The van der Waals surface area contributed by atoms with Crippen LogP contribution in [0.3, 0.4) is 0 Å². The molecule has 1 saturated heterocycles. The van der Waals surface area contributed by atoms with Crippen molar-refractivity contribution in [3.63, 3.8) is 0 Å². The van der Waals surface area contributed by atoms with Gasteiger partial charge in [0.15, 0.2) is 11.5 Å². The highest BCUT2D eigenvalue weighted by atomic mass is 16.5. The number of methoxy groups -OCH3 is 3. The van der Waals surface area contributed by atoms with E-state index in [1.165, 1.54) is 16.7 Å². The lowest BCUT2D eigenvalue weighted by molar-refractivity contribution is 0.121. The highest BCUT2D eigenvalue weighted by Gasteiger charge is 2.21. The smallest absolute Gasteiger partial charge is 0.203 e. The summed E-state index contributed by atoms with van der Waals surface area (Å²) in [6, 6.07) is 10.9.